The Kier molecular flexibility index (Phi) is 4.73. The number of anilines is 1. The van der Waals surface area contributed by atoms with Crippen LogP contribution in [0.3, 0.4) is 0 Å². The molecule has 0 bridgehead atoms. The van der Waals surface area contributed by atoms with Crippen LogP contribution in [0, 0.1) is 11.3 Å². The third-order valence-electron chi connectivity index (χ3n) is 4.98. The fourth-order valence-corrected chi connectivity index (χ4v) is 3.93. The first kappa shape index (κ1) is 17.7. The molecule has 2 atom stereocenters. The lowest BCUT2D eigenvalue weighted by Gasteiger charge is -2.23. The molecule has 9 heteroatoms. The van der Waals surface area contributed by atoms with E-state index in [2.05, 4.69) is 10.1 Å². The van der Waals surface area contributed by atoms with Crippen LogP contribution in [0.25, 0.3) is 0 Å². The van der Waals surface area contributed by atoms with Crippen molar-refractivity contribution in [1.82, 2.24) is 4.90 Å². The van der Waals surface area contributed by atoms with Crippen LogP contribution in [0.5, 0.6) is 5.75 Å². The first-order chi connectivity index (χ1) is 11.8. The lowest BCUT2D eigenvalue weighted by molar-refractivity contribution is -0.149. The highest BCUT2D eigenvalue weighted by molar-refractivity contribution is 6.32. The van der Waals surface area contributed by atoms with Crippen LogP contribution in [0.2, 0.25) is 5.02 Å². The number of alkyl halides is 2. The highest BCUT2D eigenvalue weighted by atomic mass is 35.5. The summed E-state index contributed by atoms with van der Waals surface area (Å²) >= 11 is 5.77. The summed E-state index contributed by atoms with van der Waals surface area (Å²) in [5.41, 5.74) is -0.632. The van der Waals surface area contributed by atoms with E-state index in [1.54, 1.807) is 0 Å². The maximum Gasteiger partial charge on any atom is 0.387 e. The molecule has 1 aromatic rings. The normalized spacial score (nSPS) is 25.1. The van der Waals surface area contributed by atoms with Crippen LogP contribution in [-0.2, 0) is 4.79 Å². The average Bonchev–Trinajstić information content (AvgIpc) is 3.08. The van der Waals surface area contributed by atoms with E-state index < -0.39 is 24.0 Å². The molecule has 1 saturated carbocycles. The van der Waals surface area contributed by atoms with E-state index >= 15 is 0 Å². The van der Waals surface area contributed by atoms with Gasteiger partial charge in [0.15, 0.2) is 0 Å². The molecule has 0 unspecified atom stereocenters. The minimum atomic E-state index is -3.03. The van der Waals surface area contributed by atoms with Crippen molar-refractivity contribution < 1.29 is 28.2 Å². The molecule has 2 fully saturated rings. The molecule has 6 nitrogen and oxygen atoms in total. The number of carboxylic acid groups (broad SMARTS) is 1. The van der Waals surface area contributed by atoms with Crippen molar-refractivity contribution in [2.45, 2.75) is 25.9 Å². The summed E-state index contributed by atoms with van der Waals surface area (Å²) in [6.07, 6.45) is 2.19. The number of halogens is 3. The highest BCUT2D eigenvalue weighted by Crippen LogP contribution is 2.49. The van der Waals surface area contributed by atoms with Gasteiger partial charge in [-0.15, -0.1) is 0 Å². The van der Waals surface area contributed by atoms with Crippen molar-refractivity contribution >= 4 is 29.3 Å². The van der Waals surface area contributed by atoms with E-state index in [9.17, 15) is 23.5 Å². The van der Waals surface area contributed by atoms with E-state index in [4.69, 9.17) is 11.6 Å². The Morgan fingerprint density at radius 2 is 2.20 bits per heavy atom. The van der Waals surface area contributed by atoms with E-state index in [0.717, 1.165) is 12.8 Å². The number of hydrogen-bond donors (Lipinski definition) is 2. The van der Waals surface area contributed by atoms with Gasteiger partial charge in [-0.05, 0) is 30.9 Å². The lowest BCUT2D eigenvalue weighted by Crippen LogP contribution is -2.38. The van der Waals surface area contributed by atoms with Crippen LogP contribution in [0.15, 0.2) is 18.2 Å². The van der Waals surface area contributed by atoms with E-state index in [-0.39, 0.29) is 28.9 Å². The van der Waals surface area contributed by atoms with Gasteiger partial charge in [0.2, 0.25) is 0 Å². The Balaban J connectivity index is 1.70. The van der Waals surface area contributed by atoms with Gasteiger partial charge < -0.3 is 20.1 Å². The van der Waals surface area contributed by atoms with Crippen molar-refractivity contribution in [1.29, 1.82) is 0 Å². The molecule has 1 heterocycles. The minimum Gasteiger partial charge on any atom is -0.481 e. The fraction of sp³-hybridized carbons (Fsp3) is 0.500. The minimum absolute atomic E-state index is 0.00108. The zero-order valence-corrected chi connectivity index (χ0v) is 13.9. The SMILES string of the molecule is O=C(Nc1ccc(Cl)c(OC(F)F)c1)N1C[C@@H]2CCC[C@@]2(C(=O)O)C1. The largest absolute Gasteiger partial charge is 0.481 e. The topological polar surface area (TPSA) is 78.9 Å². The summed E-state index contributed by atoms with van der Waals surface area (Å²) in [5.74, 6) is -1.17. The molecule has 1 aliphatic heterocycles. The second kappa shape index (κ2) is 6.67. The van der Waals surface area contributed by atoms with Crippen molar-refractivity contribution in [3.8, 4) is 5.75 Å². The molecule has 1 aliphatic carbocycles. The summed E-state index contributed by atoms with van der Waals surface area (Å²) in [5, 5.41) is 12.1. The van der Waals surface area contributed by atoms with Gasteiger partial charge in [-0.3, -0.25) is 4.79 Å². The summed E-state index contributed by atoms with van der Waals surface area (Å²) in [4.78, 5) is 25.5. The number of ether oxygens (including phenoxy) is 1. The number of rotatable bonds is 4. The van der Waals surface area contributed by atoms with Gasteiger partial charge >= 0.3 is 18.6 Å². The molecule has 2 N–H and O–H groups in total. The van der Waals surface area contributed by atoms with Gasteiger partial charge in [0, 0.05) is 24.8 Å². The molecule has 0 radical (unpaired) electrons. The second-order valence-corrected chi connectivity index (χ2v) is 6.79. The predicted octanol–water partition coefficient (Wildman–Crippen LogP) is 3.66. The number of urea groups is 1. The Morgan fingerprint density at radius 1 is 1.44 bits per heavy atom. The van der Waals surface area contributed by atoms with E-state index in [1.807, 2.05) is 0 Å². The number of fused-ring (bicyclic) bond motifs is 1. The van der Waals surface area contributed by atoms with Crippen LogP contribution < -0.4 is 10.1 Å². The quantitative estimate of drug-likeness (QED) is 0.843. The number of likely N-dealkylation sites (tertiary alicyclic amines) is 1. The van der Waals surface area contributed by atoms with Crippen molar-refractivity contribution in [3.63, 3.8) is 0 Å². The zero-order chi connectivity index (χ0) is 18.2. The molecule has 1 aromatic carbocycles. The summed E-state index contributed by atoms with van der Waals surface area (Å²) in [7, 11) is 0. The van der Waals surface area contributed by atoms with E-state index in [0.29, 0.717) is 13.0 Å². The number of benzene rings is 1. The van der Waals surface area contributed by atoms with Gasteiger partial charge in [0.05, 0.1) is 10.4 Å². The number of nitrogens with zero attached hydrogens (tertiary/aromatic N) is 1. The van der Waals surface area contributed by atoms with E-state index in [1.165, 1.54) is 23.1 Å². The van der Waals surface area contributed by atoms with Crippen molar-refractivity contribution in [2.24, 2.45) is 11.3 Å². The van der Waals surface area contributed by atoms with Crippen LogP contribution >= 0.6 is 11.6 Å². The maximum atomic E-state index is 12.4. The summed E-state index contributed by atoms with van der Waals surface area (Å²) < 4.78 is 29.0. The van der Waals surface area contributed by atoms with Gasteiger partial charge in [-0.2, -0.15) is 8.78 Å². The molecule has 2 amide bonds. The van der Waals surface area contributed by atoms with Gasteiger partial charge in [-0.25, -0.2) is 4.79 Å². The van der Waals surface area contributed by atoms with Crippen molar-refractivity contribution in [2.75, 3.05) is 18.4 Å². The Labute approximate surface area is 147 Å². The third-order valence-corrected chi connectivity index (χ3v) is 5.29. The first-order valence-corrected chi connectivity index (χ1v) is 8.23. The van der Waals surface area contributed by atoms with Crippen LogP contribution in [0.4, 0.5) is 19.3 Å². The van der Waals surface area contributed by atoms with Crippen LogP contribution in [0.1, 0.15) is 19.3 Å². The Hall–Kier alpha value is -2.09. The molecule has 1 saturated heterocycles. The first-order valence-electron chi connectivity index (χ1n) is 7.85. The molecular formula is C16H17ClF2N2O4. The number of hydrogen-bond acceptors (Lipinski definition) is 3. The lowest BCUT2D eigenvalue weighted by atomic mass is 9.81. The number of aliphatic carboxylic acids is 1. The smallest absolute Gasteiger partial charge is 0.387 e. The molecule has 0 spiro atoms. The molecule has 136 valence electrons. The zero-order valence-electron chi connectivity index (χ0n) is 13.2. The molecule has 2 aliphatic rings. The van der Waals surface area contributed by atoms with Gasteiger partial charge in [0.25, 0.3) is 0 Å². The monoisotopic (exact) mass is 374 g/mol. The number of carbonyl (C=O) groups is 2. The fourth-order valence-electron chi connectivity index (χ4n) is 3.76. The molecule has 0 aromatic heterocycles. The standard InChI is InChI=1S/C16H17ClF2N2O4/c17-11-4-3-10(6-12(11)25-14(18)19)20-15(24)21-7-9-2-1-5-16(9,8-21)13(22)23/h3-4,6,9,14H,1-2,5,7-8H2,(H,20,24)(H,22,23)/t9-,16+/m0/s1. The molecular weight excluding hydrogens is 358 g/mol. The van der Waals surface area contributed by atoms with Crippen molar-refractivity contribution in [3.05, 3.63) is 23.2 Å². The predicted molar refractivity (Wildman–Crippen MR) is 86.1 cm³/mol. The number of nitrogens with one attached hydrogen (secondary N) is 1. The Morgan fingerprint density at radius 3 is 2.84 bits per heavy atom. The molecule has 3 rings (SSSR count). The summed E-state index contributed by atoms with van der Waals surface area (Å²) in [6, 6.07) is 3.53. The van der Waals surface area contributed by atoms with Gasteiger partial charge in [-0.1, -0.05) is 18.0 Å². The number of carboxylic acids is 1. The molecule has 25 heavy (non-hydrogen) atoms. The Bertz CT molecular complexity index is 703. The average molecular weight is 375 g/mol. The third kappa shape index (κ3) is 3.35. The number of amides is 2. The van der Waals surface area contributed by atoms with Crippen LogP contribution in [-0.4, -0.2) is 41.7 Å². The number of carbonyl (C=O) groups excluding carboxylic acids is 1. The highest BCUT2D eigenvalue weighted by Gasteiger charge is 2.55. The second-order valence-electron chi connectivity index (χ2n) is 6.38. The maximum absolute atomic E-state index is 12.4. The summed E-state index contributed by atoms with van der Waals surface area (Å²) in [6.45, 7) is -2.52. The van der Waals surface area contributed by atoms with Gasteiger partial charge in [0.1, 0.15) is 5.75 Å².